The van der Waals surface area contributed by atoms with Crippen LogP contribution in [0.2, 0.25) is 0 Å². The predicted molar refractivity (Wildman–Crippen MR) is 64.8 cm³/mol. The Morgan fingerprint density at radius 1 is 1.40 bits per heavy atom. The normalized spacial score (nSPS) is 21.9. The van der Waals surface area contributed by atoms with Crippen LogP contribution in [0.4, 0.5) is 0 Å². The van der Waals surface area contributed by atoms with E-state index in [1.807, 2.05) is 0 Å². The zero-order chi connectivity index (χ0) is 11.1. The number of rotatable bonds is 6. The molecule has 15 heavy (non-hydrogen) atoms. The van der Waals surface area contributed by atoms with Gasteiger partial charge in [0.25, 0.3) is 0 Å². The molecule has 1 aliphatic carbocycles. The molecule has 0 saturated heterocycles. The molecule has 1 atom stereocenters. The lowest BCUT2D eigenvalue weighted by Crippen LogP contribution is -2.33. The number of nitrogens with one attached hydrogen (secondary N) is 1. The number of allylic oxidation sites excluding steroid dienone is 2. The molecule has 0 aromatic rings. The molecule has 88 valence electrons. The third kappa shape index (κ3) is 5.33. The van der Waals surface area contributed by atoms with Gasteiger partial charge in [-0.3, -0.25) is 0 Å². The molecule has 1 aliphatic rings. The lowest BCUT2D eigenvalue weighted by Gasteiger charge is -2.26. The van der Waals surface area contributed by atoms with E-state index in [4.69, 9.17) is 5.11 Å². The average Bonchev–Trinajstić information content (AvgIpc) is 2.19. The van der Waals surface area contributed by atoms with Gasteiger partial charge in [0.05, 0.1) is 0 Å². The van der Waals surface area contributed by atoms with Crippen LogP contribution in [0, 0.1) is 11.3 Å². The maximum atomic E-state index is 8.91. The molecule has 2 N–H and O–H groups in total. The van der Waals surface area contributed by atoms with E-state index in [1.54, 1.807) is 0 Å². The second-order valence-corrected chi connectivity index (χ2v) is 5.42. The van der Waals surface area contributed by atoms with Gasteiger partial charge in [0, 0.05) is 13.2 Å². The van der Waals surface area contributed by atoms with Crippen LogP contribution >= 0.6 is 0 Å². The predicted octanol–water partition coefficient (Wildman–Crippen LogP) is 2.34. The van der Waals surface area contributed by atoms with E-state index in [-0.39, 0.29) is 5.41 Å². The van der Waals surface area contributed by atoms with Crippen molar-refractivity contribution in [3.63, 3.8) is 0 Å². The van der Waals surface area contributed by atoms with E-state index in [9.17, 15) is 0 Å². The van der Waals surface area contributed by atoms with Crippen molar-refractivity contribution in [3.8, 4) is 0 Å². The van der Waals surface area contributed by atoms with Crippen molar-refractivity contribution in [2.45, 2.75) is 39.5 Å². The van der Waals surface area contributed by atoms with Gasteiger partial charge < -0.3 is 10.4 Å². The van der Waals surface area contributed by atoms with Crippen molar-refractivity contribution in [1.29, 1.82) is 0 Å². The van der Waals surface area contributed by atoms with E-state index in [1.165, 1.54) is 19.3 Å². The molecule has 0 heterocycles. The van der Waals surface area contributed by atoms with Gasteiger partial charge in [-0.05, 0) is 43.6 Å². The number of hydrogen-bond donors (Lipinski definition) is 2. The summed E-state index contributed by atoms with van der Waals surface area (Å²) in [4.78, 5) is 0. The number of aliphatic hydroxyl groups excluding tert-OH is 1. The summed E-state index contributed by atoms with van der Waals surface area (Å²) in [5.74, 6) is 0.819. The van der Waals surface area contributed by atoms with Crippen LogP contribution in [0.15, 0.2) is 12.2 Å². The van der Waals surface area contributed by atoms with Crippen molar-refractivity contribution in [3.05, 3.63) is 12.2 Å². The van der Waals surface area contributed by atoms with Crippen LogP contribution in [0.25, 0.3) is 0 Å². The zero-order valence-electron chi connectivity index (χ0n) is 10.1. The fraction of sp³-hybridized carbons (Fsp3) is 0.846. The van der Waals surface area contributed by atoms with Crippen LogP contribution in [-0.4, -0.2) is 24.8 Å². The summed E-state index contributed by atoms with van der Waals surface area (Å²) in [6.07, 6.45) is 9.26. The van der Waals surface area contributed by atoms with E-state index in [0.29, 0.717) is 6.61 Å². The average molecular weight is 211 g/mol. The zero-order valence-corrected chi connectivity index (χ0v) is 10.1. The summed E-state index contributed by atoms with van der Waals surface area (Å²) in [5.41, 5.74) is 0.221. The highest BCUT2D eigenvalue weighted by Gasteiger charge is 2.17. The maximum absolute atomic E-state index is 8.91. The third-order valence-electron chi connectivity index (χ3n) is 3.20. The van der Waals surface area contributed by atoms with E-state index < -0.39 is 0 Å². The van der Waals surface area contributed by atoms with Crippen molar-refractivity contribution in [2.24, 2.45) is 11.3 Å². The third-order valence-corrected chi connectivity index (χ3v) is 3.20. The van der Waals surface area contributed by atoms with Crippen molar-refractivity contribution >= 4 is 0 Å². The Bertz CT molecular complexity index is 199. The molecule has 0 radical (unpaired) electrons. The van der Waals surface area contributed by atoms with Crippen LogP contribution in [0.3, 0.4) is 0 Å². The van der Waals surface area contributed by atoms with Crippen molar-refractivity contribution in [2.75, 3.05) is 19.7 Å². The minimum Gasteiger partial charge on any atom is -0.396 e. The number of hydrogen-bond acceptors (Lipinski definition) is 2. The standard InChI is InChI=1S/C13H25NO/c1-13(2,8-9-15)11-14-10-12-6-4-3-5-7-12/h3-4,12,14-15H,5-11H2,1-2H3. The quantitative estimate of drug-likeness (QED) is 0.661. The largest absolute Gasteiger partial charge is 0.396 e. The molecular formula is C13H25NO. The van der Waals surface area contributed by atoms with Gasteiger partial charge in [-0.1, -0.05) is 26.0 Å². The minimum atomic E-state index is 0.221. The lowest BCUT2D eigenvalue weighted by molar-refractivity contribution is 0.205. The molecule has 0 aromatic heterocycles. The SMILES string of the molecule is CC(C)(CCO)CNCC1CC=CCC1. The second-order valence-electron chi connectivity index (χ2n) is 5.42. The summed E-state index contributed by atoms with van der Waals surface area (Å²) < 4.78 is 0. The van der Waals surface area contributed by atoms with Gasteiger partial charge in [0.2, 0.25) is 0 Å². The molecule has 0 saturated carbocycles. The molecule has 1 rings (SSSR count). The first-order valence-electron chi connectivity index (χ1n) is 6.11. The van der Waals surface area contributed by atoms with Gasteiger partial charge >= 0.3 is 0 Å². The Morgan fingerprint density at radius 3 is 2.80 bits per heavy atom. The molecule has 2 nitrogen and oxygen atoms in total. The van der Waals surface area contributed by atoms with Crippen LogP contribution < -0.4 is 5.32 Å². The Hall–Kier alpha value is -0.340. The highest BCUT2D eigenvalue weighted by atomic mass is 16.3. The molecule has 0 spiro atoms. The monoisotopic (exact) mass is 211 g/mol. The Morgan fingerprint density at radius 2 is 2.20 bits per heavy atom. The van der Waals surface area contributed by atoms with Gasteiger partial charge in [0.1, 0.15) is 0 Å². The topological polar surface area (TPSA) is 32.3 Å². The molecule has 0 aromatic carbocycles. The lowest BCUT2D eigenvalue weighted by atomic mass is 9.89. The van der Waals surface area contributed by atoms with E-state index in [0.717, 1.165) is 25.4 Å². The Balaban J connectivity index is 2.12. The molecule has 0 amide bonds. The highest BCUT2D eigenvalue weighted by Crippen LogP contribution is 2.20. The number of aliphatic hydroxyl groups is 1. The van der Waals surface area contributed by atoms with Gasteiger partial charge in [0.15, 0.2) is 0 Å². The van der Waals surface area contributed by atoms with Gasteiger partial charge in [-0.25, -0.2) is 0 Å². The molecule has 2 heteroatoms. The fourth-order valence-electron chi connectivity index (χ4n) is 2.05. The van der Waals surface area contributed by atoms with Gasteiger partial charge in [-0.2, -0.15) is 0 Å². The summed E-state index contributed by atoms with van der Waals surface area (Å²) in [5, 5.41) is 12.4. The molecule has 1 unspecified atom stereocenters. The van der Waals surface area contributed by atoms with E-state index in [2.05, 4.69) is 31.3 Å². The summed E-state index contributed by atoms with van der Waals surface area (Å²) >= 11 is 0. The van der Waals surface area contributed by atoms with Crippen LogP contribution in [-0.2, 0) is 0 Å². The van der Waals surface area contributed by atoms with Gasteiger partial charge in [-0.15, -0.1) is 0 Å². The maximum Gasteiger partial charge on any atom is 0.0436 e. The molecule has 0 fully saturated rings. The second kappa shape index (κ2) is 6.29. The highest BCUT2D eigenvalue weighted by molar-refractivity contribution is 4.90. The Kier molecular flexibility index (Phi) is 5.34. The summed E-state index contributed by atoms with van der Waals surface area (Å²) in [7, 11) is 0. The van der Waals surface area contributed by atoms with Crippen molar-refractivity contribution in [1.82, 2.24) is 5.32 Å². The molecule has 0 aliphatic heterocycles. The summed E-state index contributed by atoms with van der Waals surface area (Å²) in [6, 6.07) is 0. The molecule has 0 bridgehead atoms. The first-order valence-corrected chi connectivity index (χ1v) is 6.11. The van der Waals surface area contributed by atoms with E-state index >= 15 is 0 Å². The Labute approximate surface area is 93.8 Å². The first kappa shape index (κ1) is 12.7. The molecular weight excluding hydrogens is 186 g/mol. The smallest absolute Gasteiger partial charge is 0.0436 e. The fourth-order valence-corrected chi connectivity index (χ4v) is 2.05. The van der Waals surface area contributed by atoms with Crippen molar-refractivity contribution < 1.29 is 5.11 Å². The minimum absolute atomic E-state index is 0.221. The summed E-state index contributed by atoms with van der Waals surface area (Å²) in [6.45, 7) is 6.84. The van der Waals surface area contributed by atoms with Crippen LogP contribution in [0.5, 0.6) is 0 Å². The van der Waals surface area contributed by atoms with Crippen LogP contribution in [0.1, 0.15) is 39.5 Å². The first-order chi connectivity index (χ1) is 7.14.